The van der Waals surface area contributed by atoms with E-state index in [2.05, 4.69) is 10.6 Å². The van der Waals surface area contributed by atoms with E-state index in [1.807, 2.05) is 40.0 Å². The van der Waals surface area contributed by atoms with E-state index in [9.17, 15) is 9.59 Å². The van der Waals surface area contributed by atoms with Crippen LogP contribution < -0.4 is 20.3 Å². The lowest BCUT2D eigenvalue weighted by Crippen LogP contribution is -3.15. The minimum absolute atomic E-state index is 0.0769. The van der Waals surface area contributed by atoms with E-state index >= 15 is 0 Å². The smallest absolute Gasteiger partial charge is 0.282 e. The summed E-state index contributed by atoms with van der Waals surface area (Å²) in [7, 11) is 3.39. The zero-order chi connectivity index (χ0) is 17.6. The van der Waals surface area contributed by atoms with Gasteiger partial charge in [-0.05, 0) is 39.8 Å². The molecule has 0 saturated carbocycles. The number of nitrogens with one attached hydrogen (secondary N) is 3. The molecule has 0 bridgehead atoms. The van der Waals surface area contributed by atoms with Crippen molar-refractivity contribution in [2.45, 2.75) is 39.3 Å². The Balaban J connectivity index is 2.63. The number of anilines is 1. The summed E-state index contributed by atoms with van der Waals surface area (Å²) in [4.78, 5) is 25.2. The normalized spacial score (nSPS) is 13.8. The number of hydrogen-bond acceptors (Lipinski definition) is 3. The van der Waals surface area contributed by atoms with Crippen molar-refractivity contribution in [1.82, 2.24) is 5.32 Å². The fourth-order valence-electron chi connectivity index (χ4n) is 2.08. The summed E-state index contributed by atoms with van der Waals surface area (Å²) in [5, 5.41) is 5.75. The standard InChI is InChI=1S/C17H27N3O3/c1-12(20(5)11-15(21)19-17(2,3)4)16(22)18-13-9-7-8-10-14(13)23-6/h7-10,12H,11H2,1-6H3,(H,18,22)(H,19,21)/p+1/t12-/m0/s1. The highest BCUT2D eigenvalue weighted by atomic mass is 16.5. The number of benzene rings is 1. The summed E-state index contributed by atoms with van der Waals surface area (Å²) in [6, 6.07) is 6.87. The van der Waals surface area contributed by atoms with Crippen molar-refractivity contribution in [2.75, 3.05) is 26.0 Å². The third kappa shape index (κ3) is 6.28. The van der Waals surface area contributed by atoms with Gasteiger partial charge in [-0.2, -0.15) is 0 Å². The Labute approximate surface area is 138 Å². The van der Waals surface area contributed by atoms with Crippen LogP contribution in [0.3, 0.4) is 0 Å². The van der Waals surface area contributed by atoms with Crippen LogP contribution in [0.2, 0.25) is 0 Å². The number of rotatable bonds is 6. The molecule has 0 saturated heterocycles. The molecule has 128 valence electrons. The van der Waals surface area contributed by atoms with Gasteiger partial charge in [0, 0.05) is 5.54 Å². The number of amides is 2. The predicted molar refractivity (Wildman–Crippen MR) is 90.7 cm³/mol. The summed E-state index contributed by atoms with van der Waals surface area (Å²) in [6.07, 6.45) is 0. The maximum absolute atomic E-state index is 12.4. The second kappa shape index (κ2) is 7.97. The van der Waals surface area contributed by atoms with Crippen LogP contribution in [0.5, 0.6) is 5.75 Å². The lowest BCUT2D eigenvalue weighted by molar-refractivity contribution is -0.885. The SMILES string of the molecule is COc1ccccc1NC(=O)[C@H](C)[NH+](C)CC(=O)NC(C)(C)C. The number of quaternary nitrogens is 1. The molecule has 0 spiro atoms. The van der Waals surface area contributed by atoms with Crippen LogP contribution in [0.1, 0.15) is 27.7 Å². The van der Waals surface area contributed by atoms with E-state index in [0.29, 0.717) is 11.4 Å². The van der Waals surface area contributed by atoms with Gasteiger partial charge in [0.05, 0.1) is 19.8 Å². The average Bonchev–Trinajstić information content (AvgIpc) is 2.44. The molecule has 1 aromatic carbocycles. The zero-order valence-electron chi connectivity index (χ0n) is 14.8. The van der Waals surface area contributed by atoms with Gasteiger partial charge < -0.3 is 20.3 Å². The molecule has 1 unspecified atom stereocenters. The van der Waals surface area contributed by atoms with Gasteiger partial charge in [-0.1, -0.05) is 12.1 Å². The largest absolute Gasteiger partial charge is 0.495 e. The molecule has 3 N–H and O–H groups in total. The predicted octanol–water partition coefficient (Wildman–Crippen LogP) is 0.452. The first-order valence-electron chi connectivity index (χ1n) is 7.71. The molecule has 0 radical (unpaired) electrons. The Bertz CT molecular complexity index is 552. The fourth-order valence-corrected chi connectivity index (χ4v) is 2.08. The summed E-state index contributed by atoms with van der Waals surface area (Å²) in [5.41, 5.74) is 0.346. The van der Waals surface area contributed by atoms with Gasteiger partial charge in [0.25, 0.3) is 11.8 Å². The zero-order valence-corrected chi connectivity index (χ0v) is 14.8. The van der Waals surface area contributed by atoms with Crippen LogP contribution in [0.25, 0.3) is 0 Å². The highest BCUT2D eigenvalue weighted by Crippen LogP contribution is 2.22. The Hall–Kier alpha value is -2.08. The van der Waals surface area contributed by atoms with Crippen molar-refractivity contribution in [1.29, 1.82) is 0 Å². The van der Waals surface area contributed by atoms with Gasteiger partial charge in [-0.25, -0.2) is 0 Å². The first-order valence-corrected chi connectivity index (χ1v) is 7.71. The Kier molecular flexibility index (Phi) is 6.57. The van der Waals surface area contributed by atoms with E-state index in [4.69, 9.17) is 4.74 Å². The van der Waals surface area contributed by atoms with E-state index < -0.39 is 0 Å². The molecule has 2 atom stereocenters. The van der Waals surface area contributed by atoms with Gasteiger partial charge in [-0.15, -0.1) is 0 Å². The third-order valence-corrected chi connectivity index (χ3v) is 3.45. The van der Waals surface area contributed by atoms with E-state index in [-0.39, 0.29) is 29.9 Å². The molecule has 0 aliphatic carbocycles. The van der Waals surface area contributed by atoms with Crippen molar-refractivity contribution in [3.05, 3.63) is 24.3 Å². The molecule has 0 aromatic heterocycles. The number of ether oxygens (including phenoxy) is 1. The van der Waals surface area contributed by atoms with Gasteiger partial charge in [0.2, 0.25) is 0 Å². The number of para-hydroxylation sites is 2. The average molecular weight is 322 g/mol. The number of carbonyl (C=O) groups is 2. The van der Waals surface area contributed by atoms with Crippen molar-refractivity contribution in [2.24, 2.45) is 0 Å². The highest BCUT2D eigenvalue weighted by Gasteiger charge is 2.26. The molecule has 0 aliphatic heterocycles. The Morgan fingerprint density at radius 1 is 1.26 bits per heavy atom. The summed E-state index contributed by atoms with van der Waals surface area (Å²) < 4.78 is 5.22. The number of likely N-dealkylation sites (N-methyl/N-ethyl adjacent to an activating group) is 1. The van der Waals surface area contributed by atoms with Crippen LogP contribution in [0, 0.1) is 0 Å². The maximum atomic E-state index is 12.4. The summed E-state index contributed by atoms with van der Waals surface area (Å²) in [5.74, 6) is 0.374. The lowest BCUT2D eigenvalue weighted by Gasteiger charge is -2.24. The molecule has 6 nitrogen and oxygen atoms in total. The molecular weight excluding hydrogens is 294 g/mol. The van der Waals surface area contributed by atoms with Crippen LogP contribution in [-0.4, -0.2) is 44.1 Å². The molecule has 1 aromatic rings. The van der Waals surface area contributed by atoms with E-state index in [1.165, 1.54) is 0 Å². The molecule has 0 fully saturated rings. The maximum Gasteiger partial charge on any atom is 0.282 e. The van der Waals surface area contributed by atoms with E-state index in [1.54, 1.807) is 26.2 Å². The second-order valence-electron chi connectivity index (χ2n) is 6.73. The molecule has 6 heteroatoms. The minimum Gasteiger partial charge on any atom is -0.495 e. The lowest BCUT2D eigenvalue weighted by atomic mass is 10.1. The first-order chi connectivity index (χ1) is 10.6. The van der Waals surface area contributed by atoms with Crippen molar-refractivity contribution < 1.29 is 19.2 Å². The van der Waals surface area contributed by atoms with Crippen LogP contribution in [0.4, 0.5) is 5.69 Å². The number of carbonyl (C=O) groups excluding carboxylic acids is 2. The quantitative estimate of drug-likeness (QED) is 0.712. The topological polar surface area (TPSA) is 71.9 Å². The van der Waals surface area contributed by atoms with Crippen molar-refractivity contribution in [3.63, 3.8) is 0 Å². The van der Waals surface area contributed by atoms with Gasteiger partial charge in [0.15, 0.2) is 12.6 Å². The molecule has 0 heterocycles. The second-order valence-corrected chi connectivity index (χ2v) is 6.73. The Morgan fingerprint density at radius 2 is 1.87 bits per heavy atom. The molecule has 1 rings (SSSR count). The van der Waals surface area contributed by atoms with Crippen LogP contribution in [-0.2, 0) is 9.59 Å². The molecule has 0 aliphatic rings. The third-order valence-electron chi connectivity index (χ3n) is 3.45. The van der Waals surface area contributed by atoms with Gasteiger partial charge in [0.1, 0.15) is 5.75 Å². The summed E-state index contributed by atoms with van der Waals surface area (Å²) >= 11 is 0. The molecular formula is C17H28N3O3+. The highest BCUT2D eigenvalue weighted by molar-refractivity contribution is 5.95. The molecule has 23 heavy (non-hydrogen) atoms. The molecule has 2 amide bonds. The Morgan fingerprint density at radius 3 is 2.43 bits per heavy atom. The minimum atomic E-state index is -0.370. The number of hydrogen-bond donors (Lipinski definition) is 3. The van der Waals surface area contributed by atoms with Crippen molar-refractivity contribution >= 4 is 17.5 Å². The van der Waals surface area contributed by atoms with Crippen molar-refractivity contribution in [3.8, 4) is 5.75 Å². The first kappa shape index (κ1) is 19.0. The van der Waals surface area contributed by atoms with Crippen LogP contribution >= 0.6 is 0 Å². The van der Waals surface area contributed by atoms with Crippen LogP contribution in [0.15, 0.2) is 24.3 Å². The van der Waals surface area contributed by atoms with E-state index in [0.717, 1.165) is 4.90 Å². The summed E-state index contributed by atoms with van der Waals surface area (Å²) in [6.45, 7) is 7.82. The van der Waals surface area contributed by atoms with Gasteiger partial charge in [-0.3, -0.25) is 9.59 Å². The monoisotopic (exact) mass is 322 g/mol. The number of methoxy groups -OCH3 is 1. The fraction of sp³-hybridized carbons (Fsp3) is 0.529. The van der Waals surface area contributed by atoms with Gasteiger partial charge >= 0.3 is 0 Å².